The van der Waals surface area contributed by atoms with E-state index < -0.39 is 39.9 Å². The van der Waals surface area contributed by atoms with E-state index >= 15 is 0 Å². The van der Waals surface area contributed by atoms with Gasteiger partial charge < -0.3 is 15.5 Å². The van der Waals surface area contributed by atoms with Gasteiger partial charge in [0.1, 0.15) is 25.0 Å². The van der Waals surface area contributed by atoms with E-state index in [4.69, 9.17) is 15.6 Å². The molecule has 0 amide bonds. The molecule has 9 heteroatoms. The first-order valence-corrected chi connectivity index (χ1v) is 11.6. The van der Waals surface area contributed by atoms with Crippen molar-refractivity contribution >= 4 is 34.3 Å². The minimum Gasteiger partial charge on any atom is -0.382 e. The van der Waals surface area contributed by atoms with Crippen molar-refractivity contribution in [1.29, 1.82) is 0 Å². The van der Waals surface area contributed by atoms with Crippen LogP contribution in [0, 0.1) is 5.41 Å². The number of ketones is 2. The number of carbonyl (C=O) groups is 2. The average Bonchev–Trinajstić information content (AvgIpc) is 2.76. The zero-order chi connectivity index (χ0) is 24.7. The molecule has 0 aliphatic heterocycles. The number of Topliss-reactive ketones (excluding diaryl/α,β-unsaturated/α-hetero) is 2. The highest BCUT2D eigenvalue weighted by atomic mass is 16.3. The third-order valence-corrected chi connectivity index (χ3v) is 7.37. The van der Waals surface area contributed by atoms with Gasteiger partial charge in [-0.2, -0.15) is 0 Å². The van der Waals surface area contributed by atoms with Crippen LogP contribution in [0.25, 0.3) is 0 Å². The van der Waals surface area contributed by atoms with E-state index in [1.807, 2.05) is 34.6 Å². The number of hydrogen-bond donors (Lipinski definition) is 4. The topological polar surface area (TPSA) is 98.7 Å². The Hall–Kier alpha value is -0.625. The van der Waals surface area contributed by atoms with Crippen LogP contribution in [0.4, 0.5) is 0 Å². The third kappa shape index (κ3) is 6.46. The van der Waals surface area contributed by atoms with Gasteiger partial charge in [0.15, 0.2) is 5.78 Å². The first-order valence-electron chi connectivity index (χ1n) is 11.6. The minimum atomic E-state index is -1.56. The SMILES string of the molecule is [B][B]C(NC(C)(O)CC)C(=O)C(CC)(CC)C(CC)(CC)NC([B])C(=O)C(C)(O)CC. The Balaban J connectivity index is 6.35. The molecule has 0 fully saturated rings. The summed E-state index contributed by atoms with van der Waals surface area (Å²) in [7, 11) is 13.3. The van der Waals surface area contributed by atoms with Crippen molar-refractivity contribution in [2.75, 3.05) is 0 Å². The highest BCUT2D eigenvalue weighted by Crippen LogP contribution is 2.45. The zero-order valence-corrected chi connectivity index (χ0v) is 20.8. The number of carbonyl (C=O) groups excluding carboxylic acids is 2. The summed E-state index contributed by atoms with van der Waals surface area (Å²) in [5, 5.41) is 27.1. The molecule has 173 valence electrons. The number of rotatable bonds is 16. The van der Waals surface area contributed by atoms with Gasteiger partial charge in [0, 0.05) is 30.6 Å². The molecule has 0 bridgehead atoms. The maximum atomic E-state index is 13.9. The fourth-order valence-corrected chi connectivity index (χ4v) is 4.59. The summed E-state index contributed by atoms with van der Waals surface area (Å²) in [6.45, 7) is 14.4. The third-order valence-electron chi connectivity index (χ3n) is 7.37. The number of aliphatic hydroxyl groups is 2. The van der Waals surface area contributed by atoms with E-state index in [9.17, 15) is 19.8 Å². The second kappa shape index (κ2) is 12.0. The summed E-state index contributed by atoms with van der Waals surface area (Å²) in [6.07, 6.45) is 2.68. The molecule has 0 aromatic rings. The molecular formula is C22H42B3N2O4. The first-order chi connectivity index (χ1) is 14.2. The summed E-state index contributed by atoms with van der Waals surface area (Å²) >= 11 is 0. The van der Waals surface area contributed by atoms with Gasteiger partial charge in [-0.15, -0.1) is 0 Å². The van der Waals surface area contributed by atoms with Gasteiger partial charge in [-0.25, -0.2) is 0 Å². The molecule has 4 unspecified atom stereocenters. The van der Waals surface area contributed by atoms with Crippen LogP contribution in [0.5, 0.6) is 0 Å². The van der Waals surface area contributed by atoms with E-state index in [1.165, 1.54) is 14.1 Å². The van der Waals surface area contributed by atoms with Gasteiger partial charge >= 0.3 is 0 Å². The lowest BCUT2D eigenvalue weighted by Gasteiger charge is -2.52. The maximum absolute atomic E-state index is 13.9. The van der Waals surface area contributed by atoms with Crippen LogP contribution in [0.2, 0.25) is 0 Å². The number of nitrogens with one attached hydrogen (secondary N) is 2. The zero-order valence-electron chi connectivity index (χ0n) is 20.8. The molecule has 6 nitrogen and oxygen atoms in total. The lowest BCUT2D eigenvalue weighted by molar-refractivity contribution is -0.142. The summed E-state index contributed by atoms with van der Waals surface area (Å²) in [4.78, 5) is 26.7. The lowest BCUT2D eigenvalue weighted by atomic mass is 9.45. The molecule has 0 saturated carbocycles. The van der Waals surface area contributed by atoms with Gasteiger partial charge in [0.2, 0.25) is 0 Å². The van der Waals surface area contributed by atoms with Gasteiger partial charge in [0.25, 0.3) is 0 Å². The molecule has 0 aliphatic rings. The van der Waals surface area contributed by atoms with Crippen LogP contribution in [-0.4, -0.2) is 73.3 Å². The Morgan fingerprint density at radius 1 is 0.839 bits per heavy atom. The van der Waals surface area contributed by atoms with E-state index in [-0.39, 0.29) is 12.2 Å². The molecular weight excluding hydrogens is 389 g/mol. The van der Waals surface area contributed by atoms with Crippen molar-refractivity contribution < 1.29 is 19.8 Å². The van der Waals surface area contributed by atoms with Crippen molar-refractivity contribution in [2.24, 2.45) is 5.41 Å². The fourth-order valence-electron chi connectivity index (χ4n) is 4.59. The van der Waals surface area contributed by atoms with Crippen LogP contribution >= 0.6 is 0 Å². The summed E-state index contributed by atoms with van der Waals surface area (Å²) < 4.78 is 0. The summed E-state index contributed by atoms with van der Waals surface area (Å²) in [6, 6.07) is 0. The van der Waals surface area contributed by atoms with Gasteiger partial charge in [-0.1, -0.05) is 41.5 Å². The maximum Gasteiger partial charge on any atom is 0.171 e. The minimum absolute atomic E-state index is 0.160. The van der Waals surface area contributed by atoms with Crippen molar-refractivity contribution in [3.8, 4) is 0 Å². The smallest absolute Gasteiger partial charge is 0.171 e. The average molecular weight is 431 g/mol. The molecule has 0 saturated heterocycles. The highest BCUT2D eigenvalue weighted by molar-refractivity contribution is 6.92. The summed E-state index contributed by atoms with van der Waals surface area (Å²) in [5.41, 5.74) is -4.54. The van der Waals surface area contributed by atoms with Crippen molar-refractivity contribution in [3.63, 3.8) is 0 Å². The predicted molar refractivity (Wildman–Crippen MR) is 129 cm³/mol. The Labute approximate surface area is 193 Å². The number of hydrogen-bond acceptors (Lipinski definition) is 6. The Kier molecular flexibility index (Phi) is 11.8. The monoisotopic (exact) mass is 431 g/mol. The van der Waals surface area contributed by atoms with Crippen LogP contribution in [0.1, 0.15) is 93.9 Å². The van der Waals surface area contributed by atoms with Crippen LogP contribution in [0.3, 0.4) is 0 Å². The van der Waals surface area contributed by atoms with Crippen LogP contribution < -0.4 is 10.6 Å². The van der Waals surface area contributed by atoms with Crippen LogP contribution in [-0.2, 0) is 9.59 Å². The van der Waals surface area contributed by atoms with Gasteiger partial charge in [0.05, 0.1) is 7.17 Å². The molecule has 4 N–H and O–H groups in total. The van der Waals surface area contributed by atoms with Crippen molar-refractivity contribution in [2.45, 2.75) is 123 Å². The van der Waals surface area contributed by atoms with Crippen molar-refractivity contribution in [3.05, 3.63) is 0 Å². The molecule has 0 rings (SSSR count). The van der Waals surface area contributed by atoms with E-state index in [2.05, 4.69) is 10.6 Å². The molecule has 0 heterocycles. The second-order valence-corrected chi connectivity index (χ2v) is 9.00. The molecule has 4 atom stereocenters. The molecule has 5 radical (unpaired) electrons. The molecule has 0 aromatic heterocycles. The second-order valence-electron chi connectivity index (χ2n) is 9.00. The molecule has 0 spiro atoms. The Bertz CT molecular complexity index is 591. The van der Waals surface area contributed by atoms with Gasteiger partial charge in [-0.3, -0.25) is 14.9 Å². The largest absolute Gasteiger partial charge is 0.382 e. The normalized spacial score (nSPS) is 18.5. The molecule has 0 aromatic carbocycles. The van der Waals surface area contributed by atoms with Gasteiger partial charge in [-0.05, 0) is 52.4 Å². The van der Waals surface area contributed by atoms with Crippen LogP contribution in [0.15, 0.2) is 0 Å². The molecule has 0 aliphatic carbocycles. The first kappa shape index (κ1) is 30.4. The van der Waals surface area contributed by atoms with E-state index in [0.717, 1.165) is 0 Å². The Morgan fingerprint density at radius 2 is 1.32 bits per heavy atom. The van der Waals surface area contributed by atoms with Crippen molar-refractivity contribution in [1.82, 2.24) is 10.6 Å². The summed E-state index contributed by atoms with van der Waals surface area (Å²) in [5.74, 6) is -2.68. The Morgan fingerprint density at radius 3 is 1.65 bits per heavy atom. The standard InChI is InChI=1S/C22H42B3N2O4/c1-9-19(7,30)15(28)17(23)26-22(13-5,14-6)21(11-3,12-4)16(29)18(25-24)27-20(8,31)10-2/h17-18,26-27,30-31H,9-14H2,1-8H3. The van der Waals surface area contributed by atoms with E-state index in [1.54, 1.807) is 13.8 Å². The quantitative estimate of drug-likeness (QED) is 0.219. The molecule has 31 heavy (non-hydrogen) atoms. The lowest BCUT2D eigenvalue weighted by Crippen LogP contribution is -2.69. The predicted octanol–water partition coefficient (Wildman–Crippen LogP) is 1.56. The fraction of sp³-hybridized carbons (Fsp3) is 0.909. The van der Waals surface area contributed by atoms with E-state index in [0.29, 0.717) is 32.1 Å². The highest BCUT2D eigenvalue weighted by Gasteiger charge is 2.54.